The second-order valence-electron chi connectivity index (χ2n) is 5.01. The number of amides is 1. The molecule has 3 aromatic rings. The number of pyridine rings is 1. The molecule has 124 valence electrons. The van der Waals surface area contributed by atoms with Crippen LogP contribution in [0, 0.1) is 0 Å². The predicted molar refractivity (Wildman–Crippen MR) is 92.9 cm³/mol. The average molecular weight is 346 g/mol. The van der Waals surface area contributed by atoms with Crippen LogP contribution in [0.4, 0.5) is 5.69 Å². The van der Waals surface area contributed by atoms with Crippen molar-refractivity contribution in [1.29, 1.82) is 0 Å². The van der Waals surface area contributed by atoms with Crippen LogP contribution in [0.5, 0.6) is 5.88 Å². The molecule has 0 radical (unpaired) electrons. The Labute approximate surface area is 143 Å². The second-order valence-corrected chi connectivity index (χ2v) is 5.39. The van der Waals surface area contributed by atoms with Crippen LogP contribution in [0.15, 0.2) is 42.6 Å². The van der Waals surface area contributed by atoms with Crippen molar-refractivity contribution in [2.24, 2.45) is 0 Å². The molecule has 0 atom stereocenters. The number of methoxy groups -OCH3 is 1. The Hall–Kier alpha value is -2.57. The van der Waals surface area contributed by atoms with E-state index in [0.29, 0.717) is 35.5 Å². The van der Waals surface area contributed by atoms with E-state index in [1.165, 1.54) is 0 Å². The molecule has 1 amide bonds. The molecule has 0 bridgehead atoms. The van der Waals surface area contributed by atoms with Crippen molar-refractivity contribution < 1.29 is 14.3 Å². The van der Waals surface area contributed by atoms with Crippen molar-refractivity contribution >= 4 is 34.1 Å². The zero-order valence-electron chi connectivity index (χ0n) is 13.0. The zero-order valence-corrected chi connectivity index (χ0v) is 13.8. The number of halogens is 1. The predicted octanol–water partition coefficient (Wildman–Crippen LogP) is 3.49. The van der Waals surface area contributed by atoms with E-state index in [1.54, 1.807) is 25.4 Å². The Balaban J connectivity index is 1.83. The number of aromatic nitrogens is 2. The van der Waals surface area contributed by atoms with Gasteiger partial charge in [0.15, 0.2) is 0 Å². The summed E-state index contributed by atoms with van der Waals surface area (Å²) in [6, 6.07) is 10.9. The van der Waals surface area contributed by atoms with Gasteiger partial charge in [-0.25, -0.2) is 4.98 Å². The minimum Gasteiger partial charge on any atom is -0.474 e. The highest BCUT2D eigenvalue weighted by Gasteiger charge is 2.18. The van der Waals surface area contributed by atoms with Crippen molar-refractivity contribution in [1.82, 2.24) is 9.97 Å². The molecule has 0 fully saturated rings. The normalized spacial score (nSPS) is 10.8. The fraction of sp³-hybridized carbons (Fsp3) is 0.176. The number of hydrogen-bond acceptors (Lipinski definition) is 4. The number of para-hydroxylation sites is 1. The minimum absolute atomic E-state index is 0.296. The average Bonchev–Trinajstić information content (AvgIpc) is 2.94. The van der Waals surface area contributed by atoms with Gasteiger partial charge in [-0.2, -0.15) is 0 Å². The number of carbonyl (C=O) groups excluding carboxylic acids is 1. The maximum atomic E-state index is 12.6. The summed E-state index contributed by atoms with van der Waals surface area (Å²) >= 11 is 6.30. The highest BCUT2D eigenvalue weighted by Crippen LogP contribution is 2.28. The Morgan fingerprint density at radius 2 is 2.08 bits per heavy atom. The number of anilines is 1. The van der Waals surface area contributed by atoms with Gasteiger partial charge in [0.25, 0.3) is 5.91 Å². The molecule has 6 nitrogen and oxygen atoms in total. The number of fused-ring (bicyclic) bond motifs is 1. The van der Waals surface area contributed by atoms with Crippen molar-refractivity contribution in [3.05, 3.63) is 53.3 Å². The summed E-state index contributed by atoms with van der Waals surface area (Å²) in [5.41, 5.74) is 1.56. The topological polar surface area (TPSA) is 76.2 Å². The maximum absolute atomic E-state index is 12.6. The van der Waals surface area contributed by atoms with E-state index >= 15 is 0 Å². The Morgan fingerprint density at radius 3 is 2.88 bits per heavy atom. The summed E-state index contributed by atoms with van der Waals surface area (Å²) in [7, 11) is 1.59. The quantitative estimate of drug-likeness (QED) is 0.670. The monoisotopic (exact) mass is 345 g/mol. The van der Waals surface area contributed by atoms with Crippen LogP contribution in [0.1, 0.15) is 10.5 Å². The third-order valence-electron chi connectivity index (χ3n) is 3.42. The van der Waals surface area contributed by atoms with Crippen LogP contribution in [0.2, 0.25) is 5.02 Å². The van der Waals surface area contributed by atoms with Gasteiger partial charge in [-0.1, -0.05) is 29.8 Å². The molecule has 0 aliphatic rings. The van der Waals surface area contributed by atoms with Gasteiger partial charge >= 0.3 is 0 Å². The van der Waals surface area contributed by atoms with E-state index in [-0.39, 0.29) is 5.91 Å². The van der Waals surface area contributed by atoms with E-state index in [9.17, 15) is 4.79 Å². The Kier molecular flexibility index (Phi) is 4.98. The summed E-state index contributed by atoms with van der Waals surface area (Å²) < 4.78 is 10.5. The van der Waals surface area contributed by atoms with E-state index < -0.39 is 0 Å². The third-order valence-corrected chi connectivity index (χ3v) is 3.81. The van der Waals surface area contributed by atoms with Crippen molar-refractivity contribution in [3.63, 3.8) is 0 Å². The van der Waals surface area contributed by atoms with Gasteiger partial charge in [-0.3, -0.25) is 4.79 Å². The molecule has 3 rings (SSSR count). The number of benzene rings is 1. The SMILES string of the molecule is COCCOc1ncccc1NC(=O)c1[nH]c2ccccc2c1Cl. The number of rotatable bonds is 6. The van der Waals surface area contributed by atoms with E-state index in [1.807, 2.05) is 24.3 Å². The van der Waals surface area contributed by atoms with Crippen LogP contribution in [0.3, 0.4) is 0 Å². The highest BCUT2D eigenvalue weighted by atomic mass is 35.5. The summed E-state index contributed by atoms with van der Waals surface area (Å²) in [5.74, 6) is -0.0316. The van der Waals surface area contributed by atoms with Crippen molar-refractivity contribution in [2.75, 3.05) is 25.6 Å². The van der Waals surface area contributed by atoms with Gasteiger partial charge in [-0.05, 0) is 18.2 Å². The molecule has 24 heavy (non-hydrogen) atoms. The van der Waals surface area contributed by atoms with Crippen LogP contribution in [0.25, 0.3) is 10.9 Å². The van der Waals surface area contributed by atoms with E-state index in [0.717, 1.165) is 10.9 Å². The molecule has 0 aliphatic heterocycles. The molecule has 0 aliphatic carbocycles. The summed E-state index contributed by atoms with van der Waals surface area (Å²) in [6.07, 6.45) is 1.59. The number of carbonyl (C=O) groups is 1. The molecular weight excluding hydrogens is 330 g/mol. The maximum Gasteiger partial charge on any atom is 0.273 e. The molecular formula is C17H16ClN3O3. The lowest BCUT2D eigenvalue weighted by Gasteiger charge is -2.10. The molecule has 7 heteroatoms. The van der Waals surface area contributed by atoms with Gasteiger partial charge in [0.05, 0.1) is 11.6 Å². The van der Waals surface area contributed by atoms with Crippen molar-refractivity contribution in [3.8, 4) is 5.88 Å². The van der Waals surface area contributed by atoms with Crippen LogP contribution in [-0.2, 0) is 4.74 Å². The van der Waals surface area contributed by atoms with Crippen molar-refractivity contribution in [2.45, 2.75) is 0 Å². The zero-order chi connectivity index (χ0) is 16.9. The first kappa shape index (κ1) is 16.3. The lowest BCUT2D eigenvalue weighted by molar-refractivity contribution is 0.102. The lowest BCUT2D eigenvalue weighted by atomic mass is 10.2. The summed E-state index contributed by atoms with van der Waals surface area (Å²) in [6.45, 7) is 0.765. The fourth-order valence-corrected chi connectivity index (χ4v) is 2.57. The van der Waals surface area contributed by atoms with Crippen LogP contribution >= 0.6 is 11.6 Å². The van der Waals surface area contributed by atoms with Crippen LogP contribution < -0.4 is 10.1 Å². The third kappa shape index (κ3) is 3.34. The second kappa shape index (κ2) is 7.33. The number of ether oxygens (including phenoxy) is 2. The van der Waals surface area contributed by atoms with Gasteiger partial charge in [-0.15, -0.1) is 0 Å². The molecule has 0 unspecified atom stereocenters. The van der Waals surface area contributed by atoms with Gasteiger partial charge in [0.1, 0.15) is 18.0 Å². The Bertz CT molecular complexity index is 863. The molecule has 2 heterocycles. The molecule has 0 saturated heterocycles. The lowest BCUT2D eigenvalue weighted by Crippen LogP contribution is -2.15. The number of nitrogens with one attached hydrogen (secondary N) is 2. The minimum atomic E-state index is -0.360. The number of aromatic amines is 1. The first-order chi connectivity index (χ1) is 11.7. The van der Waals surface area contributed by atoms with Gasteiger partial charge < -0.3 is 19.8 Å². The van der Waals surface area contributed by atoms with E-state index in [4.69, 9.17) is 21.1 Å². The number of nitrogens with zero attached hydrogens (tertiary/aromatic N) is 1. The standard InChI is InChI=1S/C17H16ClN3O3/c1-23-9-10-24-17-13(7-4-8-19-17)21-16(22)15-14(18)11-5-2-3-6-12(11)20-15/h2-8,20H,9-10H2,1H3,(H,21,22). The Morgan fingerprint density at radius 1 is 1.25 bits per heavy atom. The smallest absolute Gasteiger partial charge is 0.273 e. The molecule has 2 aromatic heterocycles. The number of hydrogen-bond donors (Lipinski definition) is 2. The largest absolute Gasteiger partial charge is 0.474 e. The summed E-state index contributed by atoms with van der Waals surface area (Å²) in [4.78, 5) is 19.7. The highest BCUT2D eigenvalue weighted by molar-refractivity contribution is 6.39. The summed E-state index contributed by atoms with van der Waals surface area (Å²) in [5, 5.41) is 3.95. The van der Waals surface area contributed by atoms with Crippen LogP contribution in [-0.4, -0.2) is 36.2 Å². The van der Waals surface area contributed by atoms with Gasteiger partial charge in [0, 0.05) is 24.2 Å². The fourth-order valence-electron chi connectivity index (χ4n) is 2.27. The molecule has 0 saturated carbocycles. The first-order valence-electron chi connectivity index (χ1n) is 7.35. The van der Waals surface area contributed by atoms with Gasteiger partial charge in [0.2, 0.25) is 5.88 Å². The van der Waals surface area contributed by atoms with E-state index in [2.05, 4.69) is 15.3 Å². The first-order valence-corrected chi connectivity index (χ1v) is 7.73. The number of H-pyrrole nitrogens is 1. The molecule has 1 aromatic carbocycles. The molecule has 0 spiro atoms. The molecule has 2 N–H and O–H groups in total.